The van der Waals surface area contributed by atoms with Crippen molar-refractivity contribution in [3.05, 3.63) is 11.6 Å². The molecule has 0 unspecified atom stereocenters. The number of amides is 1. The van der Waals surface area contributed by atoms with Crippen LogP contribution in [0.1, 0.15) is 33.6 Å². The van der Waals surface area contributed by atoms with Crippen LogP contribution in [0.3, 0.4) is 0 Å². The summed E-state index contributed by atoms with van der Waals surface area (Å²) in [4.78, 5) is 24.5. The van der Waals surface area contributed by atoms with E-state index in [4.69, 9.17) is 0 Å². The maximum atomic E-state index is 12.0. The van der Waals surface area contributed by atoms with Gasteiger partial charge in [0, 0.05) is 11.8 Å². The van der Waals surface area contributed by atoms with Gasteiger partial charge in [0.15, 0.2) is 0 Å². The number of carboxylic acids is 1. The Kier molecular flexibility index (Phi) is 5.05. The molecule has 2 atom stereocenters. The number of rotatable bonds is 4. The van der Waals surface area contributed by atoms with Crippen LogP contribution < -0.4 is 5.11 Å². The van der Waals surface area contributed by atoms with E-state index in [-0.39, 0.29) is 11.3 Å². The Morgan fingerprint density at radius 2 is 2.12 bits per heavy atom. The van der Waals surface area contributed by atoms with Crippen LogP contribution in [0.4, 0.5) is 0 Å². The van der Waals surface area contributed by atoms with E-state index in [1.54, 1.807) is 0 Å². The zero-order chi connectivity index (χ0) is 13.0. The first-order chi connectivity index (χ1) is 7.97. The van der Waals surface area contributed by atoms with E-state index in [0.717, 1.165) is 18.4 Å². The molecule has 0 bridgehead atoms. The number of nitrogens with zero attached hydrogens (tertiary/aromatic N) is 1. The standard InChI is InChI=1S/C12H19NO3S/c1-4-5-11-13(10(14)6-8(2)3)9(7-17-11)12(15)16/h6,9,11H,4-5,7H2,1-3H3,(H,15,16)/p-1/t9-,11+/m1/s1. The van der Waals surface area contributed by atoms with Gasteiger partial charge >= 0.3 is 0 Å². The summed E-state index contributed by atoms with van der Waals surface area (Å²) in [5.41, 5.74) is 0.874. The van der Waals surface area contributed by atoms with Crippen molar-refractivity contribution in [3.63, 3.8) is 0 Å². The molecule has 1 saturated heterocycles. The molecule has 0 aromatic heterocycles. The fraction of sp³-hybridized carbons (Fsp3) is 0.667. The highest BCUT2D eigenvalue weighted by atomic mass is 32.2. The topological polar surface area (TPSA) is 60.4 Å². The first-order valence-electron chi connectivity index (χ1n) is 5.77. The summed E-state index contributed by atoms with van der Waals surface area (Å²) in [6.45, 7) is 5.67. The molecule has 0 saturated carbocycles. The number of carbonyl (C=O) groups is 2. The highest BCUT2D eigenvalue weighted by molar-refractivity contribution is 8.00. The van der Waals surface area contributed by atoms with Crippen molar-refractivity contribution in [3.8, 4) is 0 Å². The number of carbonyl (C=O) groups excluding carboxylic acids is 2. The van der Waals surface area contributed by atoms with Gasteiger partial charge in [-0.1, -0.05) is 18.9 Å². The Labute approximate surface area is 106 Å². The lowest BCUT2D eigenvalue weighted by molar-refractivity contribution is -0.310. The second kappa shape index (κ2) is 6.10. The largest absolute Gasteiger partial charge is 0.548 e. The van der Waals surface area contributed by atoms with Crippen LogP contribution in [0.15, 0.2) is 11.6 Å². The normalized spacial score (nSPS) is 23.6. The first kappa shape index (κ1) is 14.1. The van der Waals surface area contributed by atoms with Gasteiger partial charge in [0.1, 0.15) is 0 Å². The van der Waals surface area contributed by atoms with Gasteiger partial charge in [-0.2, -0.15) is 0 Å². The molecule has 1 rings (SSSR count). The number of hydrogen-bond acceptors (Lipinski definition) is 4. The lowest BCUT2D eigenvalue weighted by Gasteiger charge is -2.29. The molecule has 17 heavy (non-hydrogen) atoms. The molecule has 0 aliphatic carbocycles. The summed E-state index contributed by atoms with van der Waals surface area (Å²) in [6.07, 6.45) is 3.23. The Morgan fingerprint density at radius 3 is 2.59 bits per heavy atom. The first-order valence-corrected chi connectivity index (χ1v) is 6.82. The second-order valence-corrected chi connectivity index (χ2v) is 5.59. The predicted octanol–water partition coefficient (Wildman–Crippen LogP) is 0.773. The number of thioether (sulfide) groups is 1. The smallest absolute Gasteiger partial charge is 0.247 e. The van der Waals surface area contributed by atoms with Crippen molar-refractivity contribution in [2.45, 2.75) is 45.0 Å². The lowest BCUT2D eigenvalue weighted by Crippen LogP contribution is -2.50. The maximum absolute atomic E-state index is 12.0. The number of allylic oxidation sites excluding steroid dienone is 1. The molecule has 96 valence electrons. The third-order valence-electron chi connectivity index (χ3n) is 2.57. The third kappa shape index (κ3) is 3.49. The van der Waals surface area contributed by atoms with Crippen molar-refractivity contribution in [1.82, 2.24) is 4.90 Å². The summed E-state index contributed by atoms with van der Waals surface area (Å²) < 4.78 is 0. The van der Waals surface area contributed by atoms with Gasteiger partial charge < -0.3 is 14.8 Å². The van der Waals surface area contributed by atoms with Crippen molar-refractivity contribution in [2.75, 3.05) is 5.75 Å². The van der Waals surface area contributed by atoms with Gasteiger partial charge in [-0.05, 0) is 20.3 Å². The number of carboxylic acid groups (broad SMARTS) is 1. The third-order valence-corrected chi connectivity index (χ3v) is 3.92. The van der Waals surface area contributed by atoms with Crippen molar-refractivity contribution >= 4 is 23.6 Å². The van der Waals surface area contributed by atoms with Crippen LogP contribution in [0.2, 0.25) is 0 Å². The van der Waals surface area contributed by atoms with Gasteiger partial charge in [0.25, 0.3) is 0 Å². The van der Waals surface area contributed by atoms with E-state index in [2.05, 4.69) is 0 Å². The van der Waals surface area contributed by atoms with Gasteiger partial charge in [-0.25, -0.2) is 0 Å². The van der Waals surface area contributed by atoms with Crippen LogP contribution >= 0.6 is 11.8 Å². The van der Waals surface area contributed by atoms with Gasteiger partial charge in [0.05, 0.1) is 17.4 Å². The monoisotopic (exact) mass is 256 g/mol. The van der Waals surface area contributed by atoms with Gasteiger partial charge in [-0.3, -0.25) is 4.79 Å². The Bertz CT molecular complexity index is 337. The summed E-state index contributed by atoms with van der Waals surface area (Å²) in [6, 6.07) is -0.792. The molecule has 1 aliphatic heterocycles. The van der Waals surface area contributed by atoms with Crippen LogP contribution in [0.5, 0.6) is 0 Å². The molecule has 4 nitrogen and oxygen atoms in total. The summed E-state index contributed by atoms with van der Waals surface area (Å²) in [5.74, 6) is -0.954. The Balaban J connectivity index is 2.89. The van der Waals surface area contributed by atoms with Crippen LogP contribution in [0, 0.1) is 0 Å². The highest BCUT2D eigenvalue weighted by Gasteiger charge is 2.36. The number of aliphatic carboxylic acids is 1. The average molecular weight is 256 g/mol. The van der Waals surface area contributed by atoms with Gasteiger partial charge in [0.2, 0.25) is 5.91 Å². The quantitative estimate of drug-likeness (QED) is 0.697. The molecule has 0 spiro atoms. The van der Waals surface area contributed by atoms with E-state index < -0.39 is 12.0 Å². The van der Waals surface area contributed by atoms with Crippen LogP contribution in [0.25, 0.3) is 0 Å². The summed E-state index contributed by atoms with van der Waals surface area (Å²) in [5, 5.41) is 11.0. The van der Waals surface area contributed by atoms with E-state index in [1.165, 1.54) is 22.7 Å². The minimum absolute atomic E-state index is 0.0361. The fourth-order valence-electron chi connectivity index (χ4n) is 1.83. The number of hydrogen-bond donors (Lipinski definition) is 0. The van der Waals surface area contributed by atoms with Crippen molar-refractivity contribution in [2.24, 2.45) is 0 Å². The second-order valence-electron chi connectivity index (χ2n) is 4.38. The zero-order valence-corrected chi connectivity index (χ0v) is 11.3. The van der Waals surface area contributed by atoms with Crippen LogP contribution in [-0.2, 0) is 9.59 Å². The molecule has 0 aromatic carbocycles. The molecule has 0 aromatic rings. The molecule has 5 heteroatoms. The predicted molar refractivity (Wildman–Crippen MR) is 66.2 cm³/mol. The Hall–Kier alpha value is -0.970. The summed E-state index contributed by atoms with van der Waals surface area (Å²) in [7, 11) is 0. The van der Waals surface area contributed by atoms with Crippen LogP contribution in [-0.4, -0.2) is 33.9 Å². The van der Waals surface area contributed by atoms with E-state index in [1.807, 2.05) is 20.8 Å². The fourth-order valence-corrected chi connectivity index (χ4v) is 3.35. The van der Waals surface area contributed by atoms with Crippen molar-refractivity contribution in [1.29, 1.82) is 0 Å². The molecule has 1 fully saturated rings. The Morgan fingerprint density at radius 1 is 1.47 bits per heavy atom. The molecular formula is C12H18NO3S-. The van der Waals surface area contributed by atoms with Gasteiger partial charge in [-0.15, -0.1) is 11.8 Å². The van der Waals surface area contributed by atoms with E-state index in [9.17, 15) is 14.7 Å². The molecular weight excluding hydrogens is 238 g/mol. The minimum Gasteiger partial charge on any atom is -0.548 e. The molecule has 0 N–H and O–H groups in total. The van der Waals surface area contributed by atoms with E-state index >= 15 is 0 Å². The molecule has 0 radical (unpaired) electrons. The van der Waals surface area contributed by atoms with E-state index in [0.29, 0.717) is 5.75 Å². The minimum atomic E-state index is -1.16. The average Bonchev–Trinajstić information content (AvgIpc) is 2.61. The highest BCUT2D eigenvalue weighted by Crippen LogP contribution is 2.32. The van der Waals surface area contributed by atoms with Crippen molar-refractivity contribution < 1.29 is 14.7 Å². The maximum Gasteiger partial charge on any atom is 0.247 e. The SMILES string of the molecule is CCC[C@@H]1SC[C@H](C(=O)[O-])N1C(=O)C=C(C)C. The molecule has 1 heterocycles. The zero-order valence-electron chi connectivity index (χ0n) is 10.4. The molecule has 1 aliphatic rings. The lowest BCUT2D eigenvalue weighted by atomic mass is 10.2. The molecule has 1 amide bonds. The summed E-state index contributed by atoms with van der Waals surface area (Å²) >= 11 is 1.52.